The van der Waals surface area contributed by atoms with Gasteiger partial charge in [-0.1, -0.05) is 26.5 Å². The Kier molecular flexibility index (Phi) is 12.4. The number of nitrogens with one attached hydrogen (secondary N) is 1. The fourth-order valence-corrected chi connectivity index (χ4v) is 0.515. The Morgan fingerprint density at radius 2 is 1.92 bits per heavy atom. The van der Waals surface area contributed by atoms with Crippen molar-refractivity contribution < 1.29 is 0 Å². The van der Waals surface area contributed by atoms with Gasteiger partial charge in [0, 0.05) is 17.3 Å². The quantitative estimate of drug-likeness (QED) is 0.308. The van der Waals surface area contributed by atoms with E-state index in [1.54, 1.807) is 6.08 Å². The molecule has 0 rings (SSSR count). The number of hydrogen-bond donors (Lipinski definition) is 2. The topological polar surface area (TPSA) is 24.4 Å². The number of hydrazone groups is 1. The fraction of sp³-hybridized carbons (Fsp3) is 0.300. The van der Waals surface area contributed by atoms with Crippen LogP contribution >= 0.6 is 12.6 Å². The third-order valence-electron chi connectivity index (χ3n) is 0.969. The molecule has 0 aromatic heterocycles. The molecular weight excluding hydrogens is 180 g/mol. The molecule has 2 nitrogen and oxygen atoms in total. The van der Waals surface area contributed by atoms with Gasteiger partial charge in [0.1, 0.15) is 0 Å². The van der Waals surface area contributed by atoms with Crippen molar-refractivity contribution in [2.45, 2.75) is 20.8 Å². The van der Waals surface area contributed by atoms with Crippen LogP contribution < -0.4 is 5.43 Å². The Labute approximate surface area is 86.5 Å². The molecule has 0 radical (unpaired) electrons. The Balaban J connectivity index is 0. The molecule has 0 aliphatic rings. The van der Waals surface area contributed by atoms with E-state index in [0.717, 1.165) is 10.6 Å². The van der Waals surface area contributed by atoms with Gasteiger partial charge in [-0.15, -0.1) is 12.6 Å². The fourth-order valence-electron chi connectivity index (χ4n) is 0.440. The lowest BCUT2D eigenvalue weighted by atomic mass is 10.4. The van der Waals surface area contributed by atoms with Crippen molar-refractivity contribution in [3.05, 3.63) is 35.4 Å². The zero-order chi connectivity index (χ0) is 10.7. The average molecular weight is 198 g/mol. The summed E-state index contributed by atoms with van der Waals surface area (Å²) in [7, 11) is 0. The van der Waals surface area contributed by atoms with Crippen LogP contribution in [0.4, 0.5) is 0 Å². The number of hydrogen-bond acceptors (Lipinski definition) is 3. The lowest BCUT2D eigenvalue weighted by Crippen LogP contribution is -1.98. The Hall–Kier alpha value is -0.960. The maximum atomic E-state index is 4.10. The smallest absolute Gasteiger partial charge is 0.0305 e. The van der Waals surface area contributed by atoms with Crippen molar-refractivity contribution in [1.82, 2.24) is 5.43 Å². The van der Waals surface area contributed by atoms with Crippen LogP contribution in [0.25, 0.3) is 0 Å². The highest BCUT2D eigenvalue weighted by Gasteiger charge is 1.80. The minimum atomic E-state index is 0.815. The first-order chi connectivity index (χ1) is 6.20. The van der Waals surface area contributed by atoms with Crippen LogP contribution in [0, 0.1) is 0 Å². The Bertz CT molecular complexity index is 205. The predicted octanol–water partition coefficient (Wildman–Crippen LogP) is 3.12. The highest BCUT2D eigenvalue weighted by Crippen LogP contribution is 2.01. The first-order valence-electron chi connectivity index (χ1n) is 4.12. The molecule has 0 unspecified atom stereocenters. The van der Waals surface area contributed by atoms with Crippen molar-refractivity contribution in [2.24, 2.45) is 5.10 Å². The molecule has 0 spiro atoms. The maximum Gasteiger partial charge on any atom is 0.0305 e. The molecule has 0 amide bonds. The lowest BCUT2D eigenvalue weighted by Gasteiger charge is -1.94. The standard InChI is InChI=1S/C8H12N2S.C2H6/c1-4-8(11)6-5-7(2)10-9-3;1-2/h4-6,10-11H,1,3H2,2H3;1-2H3/b7-5+,8-6+;. The molecule has 0 fully saturated rings. The summed E-state index contributed by atoms with van der Waals surface area (Å²) in [5.41, 5.74) is 3.60. The Morgan fingerprint density at radius 1 is 1.38 bits per heavy atom. The largest absolute Gasteiger partial charge is 0.284 e. The number of nitrogens with zero attached hydrogens (tertiary/aromatic N) is 1. The van der Waals surface area contributed by atoms with E-state index in [1.807, 2.05) is 32.9 Å². The van der Waals surface area contributed by atoms with Crippen LogP contribution in [0.3, 0.4) is 0 Å². The molecule has 1 N–H and O–H groups in total. The van der Waals surface area contributed by atoms with E-state index in [1.165, 1.54) is 0 Å². The Morgan fingerprint density at radius 3 is 2.31 bits per heavy atom. The maximum absolute atomic E-state index is 4.10. The summed E-state index contributed by atoms with van der Waals surface area (Å²) < 4.78 is 0. The van der Waals surface area contributed by atoms with Gasteiger partial charge in [-0.2, -0.15) is 5.10 Å². The molecule has 0 aliphatic heterocycles. The highest BCUT2D eigenvalue weighted by molar-refractivity contribution is 7.84. The van der Waals surface area contributed by atoms with E-state index in [-0.39, 0.29) is 0 Å². The second-order valence-electron chi connectivity index (χ2n) is 1.92. The van der Waals surface area contributed by atoms with Gasteiger partial charge in [0.05, 0.1) is 0 Å². The average Bonchev–Trinajstić information content (AvgIpc) is 2.18. The van der Waals surface area contributed by atoms with E-state index in [2.05, 4.69) is 36.5 Å². The van der Waals surface area contributed by atoms with Gasteiger partial charge in [-0.25, -0.2) is 0 Å². The summed E-state index contributed by atoms with van der Waals surface area (Å²) in [6.07, 6.45) is 5.33. The van der Waals surface area contributed by atoms with Crippen LogP contribution in [0.15, 0.2) is 40.5 Å². The second kappa shape index (κ2) is 11.0. The first kappa shape index (κ1) is 14.6. The minimum absolute atomic E-state index is 0.815. The SMILES string of the molecule is C=C/C(S)=C\C=C(/C)NN=C.CC. The van der Waals surface area contributed by atoms with Crippen molar-refractivity contribution in [1.29, 1.82) is 0 Å². The molecule has 0 aromatic rings. The molecule has 74 valence electrons. The van der Waals surface area contributed by atoms with E-state index in [0.29, 0.717) is 0 Å². The number of thiol groups is 1. The van der Waals surface area contributed by atoms with Crippen molar-refractivity contribution in [2.75, 3.05) is 0 Å². The third-order valence-corrected chi connectivity index (χ3v) is 1.30. The van der Waals surface area contributed by atoms with Crippen LogP contribution in [-0.4, -0.2) is 6.72 Å². The molecule has 0 saturated carbocycles. The molecule has 0 heterocycles. The van der Waals surface area contributed by atoms with E-state index >= 15 is 0 Å². The van der Waals surface area contributed by atoms with Crippen LogP contribution in [0.1, 0.15) is 20.8 Å². The molecule has 0 saturated heterocycles. The molecular formula is C10H18N2S. The summed E-state index contributed by atoms with van der Waals surface area (Å²) in [5.74, 6) is 0. The molecule has 0 aliphatic carbocycles. The second-order valence-corrected chi connectivity index (χ2v) is 2.43. The zero-order valence-corrected chi connectivity index (χ0v) is 9.44. The van der Waals surface area contributed by atoms with Crippen molar-refractivity contribution in [3.8, 4) is 0 Å². The lowest BCUT2D eigenvalue weighted by molar-refractivity contribution is 0.898. The van der Waals surface area contributed by atoms with Crippen LogP contribution in [0.5, 0.6) is 0 Å². The van der Waals surface area contributed by atoms with E-state index in [9.17, 15) is 0 Å². The zero-order valence-electron chi connectivity index (χ0n) is 8.54. The van der Waals surface area contributed by atoms with Crippen molar-refractivity contribution >= 4 is 19.3 Å². The van der Waals surface area contributed by atoms with Gasteiger partial charge in [0.15, 0.2) is 0 Å². The van der Waals surface area contributed by atoms with Crippen molar-refractivity contribution in [3.63, 3.8) is 0 Å². The van der Waals surface area contributed by atoms with Gasteiger partial charge in [-0.05, 0) is 19.1 Å². The van der Waals surface area contributed by atoms with Gasteiger partial charge < -0.3 is 0 Å². The molecule has 0 bridgehead atoms. The van der Waals surface area contributed by atoms with E-state index in [4.69, 9.17) is 0 Å². The normalized spacial score (nSPS) is 11.1. The third kappa shape index (κ3) is 11.0. The molecule has 3 heteroatoms. The van der Waals surface area contributed by atoms with Gasteiger partial charge in [-0.3, -0.25) is 5.43 Å². The molecule has 13 heavy (non-hydrogen) atoms. The van der Waals surface area contributed by atoms with Gasteiger partial charge in [0.25, 0.3) is 0 Å². The number of allylic oxidation sites excluding steroid dienone is 4. The monoisotopic (exact) mass is 198 g/mol. The van der Waals surface area contributed by atoms with Gasteiger partial charge >= 0.3 is 0 Å². The summed E-state index contributed by atoms with van der Waals surface area (Å²) in [4.78, 5) is 0.815. The van der Waals surface area contributed by atoms with Crippen LogP contribution in [0.2, 0.25) is 0 Å². The first-order valence-corrected chi connectivity index (χ1v) is 4.57. The summed E-state index contributed by atoms with van der Waals surface area (Å²) in [5, 5.41) is 3.49. The predicted molar refractivity (Wildman–Crippen MR) is 65.1 cm³/mol. The van der Waals surface area contributed by atoms with E-state index < -0.39 is 0 Å². The highest BCUT2D eigenvalue weighted by atomic mass is 32.1. The minimum Gasteiger partial charge on any atom is -0.284 e. The van der Waals surface area contributed by atoms with Crippen LogP contribution in [-0.2, 0) is 0 Å². The summed E-state index contributed by atoms with van der Waals surface area (Å²) in [6.45, 7) is 12.7. The molecule has 0 aromatic carbocycles. The van der Waals surface area contributed by atoms with Gasteiger partial charge in [0.2, 0.25) is 0 Å². The molecule has 0 atom stereocenters. The summed E-state index contributed by atoms with van der Waals surface area (Å²) in [6, 6.07) is 0. The summed E-state index contributed by atoms with van der Waals surface area (Å²) >= 11 is 4.10. The number of rotatable bonds is 4.